The molecule has 1 heterocycles. The van der Waals surface area contributed by atoms with Crippen LogP contribution in [-0.2, 0) is 0 Å². The van der Waals surface area contributed by atoms with Crippen LogP contribution in [0.25, 0.3) is 0 Å². The van der Waals surface area contributed by atoms with Gasteiger partial charge >= 0.3 is 0 Å². The lowest BCUT2D eigenvalue weighted by Crippen LogP contribution is -2.24. The van der Waals surface area contributed by atoms with Crippen molar-refractivity contribution in [2.24, 2.45) is 0 Å². The number of nitriles is 1. The fourth-order valence-corrected chi connectivity index (χ4v) is 1.84. The van der Waals surface area contributed by atoms with E-state index in [1.807, 2.05) is 19.9 Å². The highest BCUT2D eigenvalue weighted by molar-refractivity contribution is 5.56. The molecule has 18 heavy (non-hydrogen) atoms. The van der Waals surface area contributed by atoms with Gasteiger partial charge in [0, 0.05) is 11.7 Å². The van der Waals surface area contributed by atoms with Gasteiger partial charge in [0.05, 0.1) is 5.56 Å². The monoisotopic (exact) mass is 246 g/mol. The molecule has 0 aliphatic heterocycles. The molecule has 1 aromatic heterocycles. The Kier molecular flexibility index (Phi) is 5.11. The lowest BCUT2D eigenvalue weighted by atomic mass is 10.1. The first-order valence-corrected chi connectivity index (χ1v) is 6.23. The molecule has 1 atom stereocenters. The second-order valence-corrected chi connectivity index (χ2v) is 5.05. The molecule has 1 unspecified atom stereocenters. The van der Waals surface area contributed by atoms with Crippen molar-refractivity contribution in [1.82, 2.24) is 9.88 Å². The molecular formula is C14H22N4. The molecule has 0 radical (unpaired) electrons. The highest BCUT2D eigenvalue weighted by Gasteiger charge is 2.11. The van der Waals surface area contributed by atoms with Gasteiger partial charge in [-0.25, -0.2) is 4.98 Å². The summed E-state index contributed by atoms with van der Waals surface area (Å²) in [5.41, 5.74) is 2.57. The molecule has 1 rings (SSSR count). The van der Waals surface area contributed by atoms with Gasteiger partial charge in [-0.05, 0) is 59.5 Å². The van der Waals surface area contributed by atoms with Gasteiger partial charge < -0.3 is 10.2 Å². The van der Waals surface area contributed by atoms with Crippen molar-refractivity contribution in [2.45, 2.75) is 33.2 Å². The smallest absolute Gasteiger partial charge is 0.144 e. The predicted molar refractivity (Wildman–Crippen MR) is 74.7 cm³/mol. The molecule has 4 nitrogen and oxygen atoms in total. The van der Waals surface area contributed by atoms with Crippen molar-refractivity contribution in [3.05, 3.63) is 22.9 Å². The molecule has 0 bridgehead atoms. The Hall–Kier alpha value is -1.60. The Labute approximate surface area is 110 Å². The zero-order chi connectivity index (χ0) is 13.7. The summed E-state index contributed by atoms with van der Waals surface area (Å²) in [6.07, 6.45) is 1.02. The molecule has 0 saturated carbocycles. The predicted octanol–water partition coefficient (Wildman–Crippen LogP) is 2.32. The van der Waals surface area contributed by atoms with E-state index in [1.165, 1.54) is 0 Å². The lowest BCUT2D eigenvalue weighted by molar-refractivity contribution is 0.390. The van der Waals surface area contributed by atoms with E-state index in [0.717, 1.165) is 24.2 Å². The van der Waals surface area contributed by atoms with E-state index in [1.54, 1.807) is 0 Å². The second-order valence-electron chi connectivity index (χ2n) is 5.05. The second kappa shape index (κ2) is 6.36. The van der Waals surface area contributed by atoms with Gasteiger partial charge in [-0.3, -0.25) is 0 Å². The van der Waals surface area contributed by atoms with Crippen molar-refractivity contribution in [1.29, 1.82) is 5.26 Å². The highest BCUT2D eigenvalue weighted by Crippen LogP contribution is 2.18. The van der Waals surface area contributed by atoms with Gasteiger partial charge in [0.15, 0.2) is 0 Å². The van der Waals surface area contributed by atoms with Crippen molar-refractivity contribution in [3.63, 3.8) is 0 Å². The number of hydrogen-bond donors (Lipinski definition) is 1. The Balaban J connectivity index is 2.81. The minimum atomic E-state index is 0.299. The first kappa shape index (κ1) is 14.5. The first-order chi connectivity index (χ1) is 8.43. The zero-order valence-corrected chi connectivity index (χ0v) is 11.9. The van der Waals surface area contributed by atoms with Gasteiger partial charge in [-0.1, -0.05) is 0 Å². The maximum atomic E-state index is 9.18. The minimum Gasteiger partial charge on any atom is -0.366 e. The SMILES string of the molecule is Cc1cc(C)c(C#N)c(NC(C)CCN(C)C)n1. The summed E-state index contributed by atoms with van der Waals surface area (Å²) in [5.74, 6) is 0.709. The largest absolute Gasteiger partial charge is 0.366 e. The van der Waals surface area contributed by atoms with E-state index in [2.05, 4.69) is 42.3 Å². The number of rotatable bonds is 5. The van der Waals surface area contributed by atoms with Crippen LogP contribution in [0.15, 0.2) is 6.07 Å². The van der Waals surface area contributed by atoms with Gasteiger partial charge in [0.1, 0.15) is 11.9 Å². The maximum Gasteiger partial charge on any atom is 0.144 e. The molecule has 0 aliphatic rings. The number of nitrogens with one attached hydrogen (secondary N) is 1. The molecule has 0 aliphatic carbocycles. The Morgan fingerprint density at radius 3 is 2.67 bits per heavy atom. The lowest BCUT2D eigenvalue weighted by Gasteiger charge is -2.18. The average Bonchev–Trinajstić information content (AvgIpc) is 2.26. The molecule has 98 valence electrons. The van der Waals surface area contributed by atoms with Crippen LogP contribution in [0.2, 0.25) is 0 Å². The third-order valence-corrected chi connectivity index (χ3v) is 2.85. The zero-order valence-electron chi connectivity index (χ0n) is 11.9. The Morgan fingerprint density at radius 2 is 2.11 bits per heavy atom. The van der Waals surface area contributed by atoms with Gasteiger partial charge in [0.25, 0.3) is 0 Å². The number of pyridine rings is 1. The number of aromatic nitrogens is 1. The Bertz CT molecular complexity index is 446. The molecular weight excluding hydrogens is 224 g/mol. The number of hydrogen-bond acceptors (Lipinski definition) is 4. The fourth-order valence-electron chi connectivity index (χ4n) is 1.84. The summed E-state index contributed by atoms with van der Waals surface area (Å²) < 4.78 is 0. The molecule has 4 heteroatoms. The molecule has 0 aromatic carbocycles. The van der Waals surface area contributed by atoms with E-state index in [4.69, 9.17) is 0 Å². The molecule has 0 amide bonds. The molecule has 0 saturated heterocycles. The normalized spacial score (nSPS) is 12.3. The first-order valence-electron chi connectivity index (χ1n) is 6.23. The highest BCUT2D eigenvalue weighted by atomic mass is 15.1. The van der Waals surface area contributed by atoms with E-state index >= 15 is 0 Å². The van der Waals surface area contributed by atoms with Gasteiger partial charge in [-0.2, -0.15) is 5.26 Å². The quantitative estimate of drug-likeness (QED) is 0.866. The van der Waals surface area contributed by atoms with Crippen molar-refractivity contribution in [2.75, 3.05) is 26.0 Å². The van der Waals surface area contributed by atoms with Crippen LogP contribution in [0.1, 0.15) is 30.2 Å². The summed E-state index contributed by atoms with van der Waals surface area (Å²) in [6, 6.07) is 4.46. The van der Waals surface area contributed by atoms with Crippen molar-refractivity contribution >= 4 is 5.82 Å². The number of anilines is 1. The van der Waals surface area contributed by atoms with Crippen LogP contribution in [0.3, 0.4) is 0 Å². The molecule has 1 N–H and O–H groups in total. The van der Waals surface area contributed by atoms with Crippen LogP contribution in [0, 0.1) is 25.2 Å². The summed E-state index contributed by atoms with van der Waals surface area (Å²) in [6.45, 7) is 7.03. The van der Waals surface area contributed by atoms with Crippen LogP contribution in [0.5, 0.6) is 0 Å². The summed E-state index contributed by atoms with van der Waals surface area (Å²) in [5, 5.41) is 12.5. The van der Waals surface area contributed by atoms with Gasteiger partial charge in [-0.15, -0.1) is 0 Å². The third kappa shape index (κ3) is 4.01. The topological polar surface area (TPSA) is 52.0 Å². The third-order valence-electron chi connectivity index (χ3n) is 2.85. The van der Waals surface area contributed by atoms with Crippen LogP contribution < -0.4 is 5.32 Å². The summed E-state index contributed by atoms with van der Waals surface area (Å²) >= 11 is 0. The standard InChI is InChI=1S/C14H22N4/c1-10-8-12(3)17-14(13(10)9-15)16-11(2)6-7-18(4)5/h8,11H,6-7H2,1-5H3,(H,16,17). The van der Waals surface area contributed by atoms with Crippen LogP contribution in [-0.4, -0.2) is 36.6 Å². The van der Waals surface area contributed by atoms with E-state index < -0.39 is 0 Å². The number of aryl methyl sites for hydroxylation is 2. The Morgan fingerprint density at radius 1 is 1.44 bits per heavy atom. The van der Waals surface area contributed by atoms with E-state index in [9.17, 15) is 5.26 Å². The summed E-state index contributed by atoms with van der Waals surface area (Å²) in [7, 11) is 4.12. The van der Waals surface area contributed by atoms with Gasteiger partial charge in [0.2, 0.25) is 0 Å². The van der Waals surface area contributed by atoms with E-state index in [-0.39, 0.29) is 0 Å². The maximum absolute atomic E-state index is 9.18. The van der Waals surface area contributed by atoms with E-state index in [0.29, 0.717) is 17.4 Å². The molecule has 0 fully saturated rings. The van der Waals surface area contributed by atoms with Crippen molar-refractivity contribution < 1.29 is 0 Å². The van der Waals surface area contributed by atoms with Crippen molar-refractivity contribution in [3.8, 4) is 6.07 Å². The van der Waals surface area contributed by atoms with Crippen LogP contribution >= 0.6 is 0 Å². The molecule has 1 aromatic rings. The fraction of sp³-hybridized carbons (Fsp3) is 0.571. The minimum absolute atomic E-state index is 0.299. The van der Waals surface area contributed by atoms with Crippen LogP contribution in [0.4, 0.5) is 5.82 Å². The summed E-state index contributed by atoms with van der Waals surface area (Å²) in [4.78, 5) is 6.58. The molecule has 0 spiro atoms. The average molecular weight is 246 g/mol. The number of nitrogens with zero attached hydrogens (tertiary/aromatic N) is 3.